The van der Waals surface area contributed by atoms with Crippen LogP contribution in [-0.4, -0.2) is 16.0 Å². The van der Waals surface area contributed by atoms with Gasteiger partial charge >= 0.3 is 0 Å². The molecule has 0 bridgehead atoms. The summed E-state index contributed by atoms with van der Waals surface area (Å²) in [6, 6.07) is 7.65. The number of hydrogen-bond acceptors (Lipinski definition) is 2. The van der Waals surface area contributed by atoms with Gasteiger partial charge in [0.05, 0.1) is 0 Å². The fraction of sp³-hybridized carbons (Fsp3) is 0.231. The Morgan fingerprint density at radius 1 is 1.29 bits per heavy atom. The first-order valence-corrected chi connectivity index (χ1v) is 5.56. The van der Waals surface area contributed by atoms with Gasteiger partial charge in [0.2, 0.25) is 6.41 Å². The van der Waals surface area contributed by atoms with Crippen molar-refractivity contribution >= 4 is 12.1 Å². The highest BCUT2D eigenvalue weighted by Crippen LogP contribution is 2.19. The van der Waals surface area contributed by atoms with Crippen molar-refractivity contribution < 1.29 is 4.79 Å². The van der Waals surface area contributed by atoms with Gasteiger partial charge in [-0.15, -0.1) is 0 Å². The molecule has 0 atom stereocenters. The van der Waals surface area contributed by atoms with Crippen molar-refractivity contribution in [3.05, 3.63) is 42.5 Å². The molecule has 2 aromatic rings. The van der Waals surface area contributed by atoms with E-state index in [-0.39, 0.29) is 0 Å². The van der Waals surface area contributed by atoms with Gasteiger partial charge in [-0.05, 0) is 24.3 Å². The normalized spacial score (nSPS) is 10.5. The second kappa shape index (κ2) is 4.82. The molecule has 0 aliphatic rings. The Morgan fingerprint density at radius 3 is 2.59 bits per heavy atom. The maximum Gasteiger partial charge on any atom is 0.211 e. The van der Waals surface area contributed by atoms with Crippen LogP contribution in [0.1, 0.15) is 25.6 Å². The number of carbonyl (C=O) groups excluding carboxylic acids is 1. The summed E-state index contributed by atoms with van der Waals surface area (Å²) >= 11 is 0. The van der Waals surface area contributed by atoms with Gasteiger partial charge in [0, 0.05) is 29.7 Å². The molecule has 1 amide bonds. The summed E-state index contributed by atoms with van der Waals surface area (Å²) in [5.74, 6) is 1.40. The van der Waals surface area contributed by atoms with E-state index < -0.39 is 0 Å². The van der Waals surface area contributed by atoms with Crippen LogP contribution in [0.3, 0.4) is 0 Å². The Balaban J connectivity index is 2.33. The molecule has 1 aromatic heterocycles. The zero-order valence-electron chi connectivity index (χ0n) is 9.92. The van der Waals surface area contributed by atoms with Gasteiger partial charge in [0.15, 0.2) is 0 Å². The molecular weight excluding hydrogens is 214 g/mol. The summed E-state index contributed by atoms with van der Waals surface area (Å²) in [4.78, 5) is 14.6. The largest absolute Gasteiger partial charge is 0.329 e. The second-order valence-electron chi connectivity index (χ2n) is 4.12. The molecule has 4 heteroatoms. The Labute approximate surface area is 100 Å². The molecule has 0 aliphatic carbocycles. The topological polar surface area (TPSA) is 46.9 Å². The average Bonchev–Trinajstić information content (AvgIpc) is 2.79. The minimum Gasteiger partial charge on any atom is -0.329 e. The molecule has 17 heavy (non-hydrogen) atoms. The van der Waals surface area contributed by atoms with Crippen LogP contribution in [0.25, 0.3) is 5.69 Å². The zero-order chi connectivity index (χ0) is 12.3. The van der Waals surface area contributed by atoms with Gasteiger partial charge < -0.3 is 9.88 Å². The minimum atomic E-state index is 0.373. The lowest BCUT2D eigenvalue weighted by Gasteiger charge is -2.10. The van der Waals surface area contributed by atoms with E-state index in [1.807, 2.05) is 30.5 Å². The van der Waals surface area contributed by atoms with Crippen LogP contribution < -0.4 is 5.32 Å². The third-order valence-electron chi connectivity index (χ3n) is 2.56. The molecular formula is C13H15N3O. The van der Waals surface area contributed by atoms with E-state index in [1.54, 1.807) is 6.20 Å². The third kappa shape index (κ3) is 2.36. The molecule has 88 valence electrons. The molecule has 4 nitrogen and oxygen atoms in total. The molecule has 0 saturated heterocycles. The molecule has 0 radical (unpaired) electrons. The van der Waals surface area contributed by atoms with Crippen LogP contribution in [-0.2, 0) is 4.79 Å². The predicted molar refractivity (Wildman–Crippen MR) is 67.3 cm³/mol. The van der Waals surface area contributed by atoms with E-state index in [9.17, 15) is 4.79 Å². The maximum atomic E-state index is 10.3. The molecule has 2 rings (SSSR count). The molecule has 0 spiro atoms. The van der Waals surface area contributed by atoms with Crippen molar-refractivity contribution in [2.24, 2.45) is 0 Å². The number of nitrogens with one attached hydrogen (secondary N) is 1. The zero-order valence-corrected chi connectivity index (χ0v) is 9.92. The number of imidazole rings is 1. The van der Waals surface area contributed by atoms with Gasteiger partial charge in [0.25, 0.3) is 0 Å². The predicted octanol–water partition coefficient (Wildman–Crippen LogP) is 2.56. The number of hydrogen-bond donors (Lipinski definition) is 1. The van der Waals surface area contributed by atoms with Crippen LogP contribution in [0.15, 0.2) is 36.7 Å². The summed E-state index contributed by atoms with van der Waals surface area (Å²) in [7, 11) is 0. The van der Waals surface area contributed by atoms with Gasteiger partial charge in [-0.2, -0.15) is 0 Å². The molecule has 1 heterocycles. The monoisotopic (exact) mass is 229 g/mol. The molecule has 0 aliphatic heterocycles. The van der Waals surface area contributed by atoms with Crippen molar-refractivity contribution in [3.63, 3.8) is 0 Å². The first-order valence-electron chi connectivity index (χ1n) is 5.56. The molecule has 0 unspecified atom stereocenters. The van der Waals surface area contributed by atoms with E-state index in [2.05, 4.69) is 28.7 Å². The van der Waals surface area contributed by atoms with Crippen LogP contribution in [0.4, 0.5) is 5.69 Å². The fourth-order valence-corrected chi connectivity index (χ4v) is 1.75. The van der Waals surface area contributed by atoms with Crippen molar-refractivity contribution in [1.29, 1.82) is 0 Å². The summed E-state index contributed by atoms with van der Waals surface area (Å²) < 4.78 is 2.05. The summed E-state index contributed by atoms with van der Waals surface area (Å²) in [5, 5.41) is 2.61. The molecule has 1 N–H and O–H groups in total. The lowest BCUT2D eigenvalue weighted by molar-refractivity contribution is -0.105. The van der Waals surface area contributed by atoms with E-state index >= 15 is 0 Å². The average molecular weight is 229 g/mol. The summed E-state index contributed by atoms with van der Waals surface area (Å²) in [6.07, 6.45) is 4.41. The maximum absolute atomic E-state index is 10.3. The van der Waals surface area contributed by atoms with Gasteiger partial charge in [-0.1, -0.05) is 13.8 Å². The van der Waals surface area contributed by atoms with Crippen molar-refractivity contribution in [1.82, 2.24) is 9.55 Å². The molecule has 1 aromatic carbocycles. The molecule has 0 saturated carbocycles. The van der Waals surface area contributed by atoms with Gasteiger partial charge in [0.1, 0.15) is 5.82 Å². The Morgan fingerprint density at radius 2 is 2.00 bits per heavy atom. The van der Waals surface area contributed by atoms with Crippen LogP contribution in [0.2, 0.25) is 0 Å². The number of aromatic nitrogens is 2. The molecule has 0 fully saturated rings. The third-order valence-corrected chi connectivity index (χ3v) is 2.56. The minimum absolute atomic E-state index is 0.373. The fourth-order valence-electron chi connectivity index (χ4n) is 1.75. The number of carbonyl (C=O) groups is 1. The summed E-state index contributed by atoms with van der Waals surface area (Å²) in [5.41, 5.74) is 1.83. The van der Waals surface area contributed by atoms with Gasteiger partial charge in [-0.3, -0.25) is 4.79 Å². The smallest absolute Gasteiger partial charge is 0.211 e. The van der Waals surface area contributed by atoms with Crippen LogP contribution in [0.5, 0.6) is 0 Å². The lowest BCUT2D eigenvalue weighted by Crippen LogP contribution is -2.02. The Kier molecular flexibility index (Phi) is 3.23. The van der Waals surface area contributed by atoms with E-state index in [0.717, 1.165) is 17.2 Å². The van der Waals surface area contributed by atoms with Crippen molar-refractivity contribution in [3.8, 4) is 5.69 Å². The van der Waals surface area contributed by atoms with Crippen LogP contribution >= 0.6 is 0 Å². The van der Waals surface area contributed by atoms with E-state index in [4.69, 9.17) is 0 Å². The SMILES string of the molecule is CC(C)c1nccn1-c1ccc(NC=O)cc1. The highest BCUT2D eigenvalue weighted by Gasteiger charge is 2.08. The quantitative estimate of drug-likeness (QED) is 0.819. The number of amides is 1. The second-order valence-corrected chi connectivity index (χ2v) is 4.12. The summed E-state index contributed by atoms with van der Waals surface area (Å²) in [6.45, 7) is 4.22. The number of nitrogens with zero attached hydrogens (tertiary/aromatic N) is 2. The highest BCUT2D eigenvalue weighted by atomic mass is 16.1. The standard InChI is InChI=1S/C13H15N3O/c1-10(2)13-14-7-8-16(13)12-5-3-11(4-6-12)15-9-17/h3-10H,1-2H3,(H,15,17). The Bertz CT molecular complexity index is 500. The van der Waals surface area contributed by atoms with Crippen LogP contribution in [0, 0.1) is 0 Å². The lowest BCUT2D eigenvalue weighted by atomic mass is 10.2. The first kappa shape index (κ1) is 11.4. The van der Waals surface area contributed by atoms with E-state index in [0.29, 0.717) is 12.3 Å². The number of benzene rings is 1. The number of rotatable bonds is 4. The van der Waals surface area contributed by atoms with Crippen molar-refractivity contribution in [2.75, 3.05) is 5.32 Å². The Hall–Kier alpha value is -2.10. The van der Waals surface area contributed by atoms with Gasteiger partial charge in [-0.25, -0.2) is 4.98 Å². The number of anilines is 1. The highest BCUT2D eigenvalue weighted by molar-refractivity contribution is 5.71. The first-order chi connectivity index (χ1) is 8.22. The van der Waals surface area contributed by atoms with Crippen molar-refractivity contribution in [2.45, 2.75) is 19.8 Å². The van der Waals surface area contributed by atoms with E-state index in [1.165, 1.54) is 0 Å².